The number of nitrogens with one attached hydrogen (secondary N) is 1. The highest BCUT2D eigenvalue weighted by Gasteiger charge is 2.24. The summed E-state index contributed by atoms with van der Waals surface area (Å²) >= 11 is 5.88. The number of hydrogen-bond donors (Lipinski definition) is 1. The van der Waals surface area contributed by atoms with Crippen LogP contribution in [0.5, 0.6) is 0 Å². The molecule has 0 saturated carbocycles. The van der Waals surface area contributed by atoms with Crippen molar-refractivity contribution in [2.45, 2.75) is 31.5 Å². The van der Waals surface area contributed by atoms with E-state index in [-0.39, 0.29) is 6.04 Å². The second kappa shape index (κ2) is 8.00. The van der Waals surface area contributed by atoms with Crippen LogP contribution in [0.15, 0.2) is 48.5 Å². The van der Waals surface area contributed by atoms with E-state index >= 15 is 0 Å². The van der Waals surface area contributed by atoms with Crippen LogP contribution in [0.1, 0.15) is 16.7 Å². The van der Waals surface area contributed by atoms with E-state index in [2.05, 4.69) is 41.5 Å². The summed E-state index contributed by atoms with van der Waals surface area (Å²) in [5.41, 5.74) is 3.61. The third kappa shape index (κ3) is 4.60. The first-order valence-corrected chi connectivity index (χ1v) is 8.86. The van der Waals surface area contributed by atoms with Gasteiger partial charge in [-0.1, -0.05) is 48.0 Å². The maximum Gasteiger partial charge on any atom is 0.0587 e. The Kier molecular flexibility index (Phi) is 5.74. The minimum Gasteiger partial charge on any atom is -0.548 e. The Bertz CT molecular complexity index is 733. The number of hydrogen-bond acceptors (Lipinski definition) is 4. The monoisotopic (exact) mass is 357 g/mol. The van der Waals surface area contributed by atoms with Crippen molar-refractivity contribution in [1.82, 2.24) is 10.2 Å². The third-order valence-corrected chi connectivity index (χ3v) is 5.11. The molecule has 25 heavy (non-hydrogen) atoms. The van der Waals surface area contributed by atoms with E-state index in [1.165, 1.54) is 11.1 Å². The van der Waals surface area contributed by atoms with Crippen LogP contribution in [0.3, 0.4) is 0 Å². The van der Waals surface area contributed by atoms with Crippen LogP contribution in [-0.4, -0.2) is 36.5 Å². The van der Waals surface area contributed by atoms with E-state index in [4.69, 9.17) is 11.6 Å². The van der Waals surface area contributed by atoms with Gasteiger partial charge in [0.1, 0.15) is 0 Å². The molecule has 0 amide bonds. The topological polar surface area (TPSA) is 55.4 Å². The highest BCUT2D eigenvalue weighted by atomic mass is 35.5. The lowest BCUT2D eigenvalue weighted by atomic mass is 9.94. The van der Waals surface area contributed by atoms with Crippen molar-refractivity contribution in [3.8, 4) is 0 Å². The number of aliphatic carboxylic acids is 1. The summed E-state index contributed by atoms with van der Waals surface area (Å²) in [5, 5.41) is 15.3. The average Bonchev–Trinajstić information content (AvgIpc) is 2.60. The lowest BCUT2D eigenvalue weighted by Gasteiger charge is -2.35. The van der Waals surface area contributed by atoms with Gasteiger partial charge in [0.2, 0.25) is 0 Å². The van der Waals surface area contributed by atoms with Crippen molar-refractivity contribution in [3.05, 3.63) is 70.2 Å². The van der Waals surface area contributed by atoms with Crippen LogP contribution in [-0.2, 0) is 24.2 Å². The summed E-state index contributed by atoms with van der Waals surface area (Å²) in [6.45, 7) is 1.49. The van der Waals surface area contributed by atoms with Gasteiger partial charge in [-0.25, -0.2) is 0 Å². The molecule has 0 saturated heterocycles. The van der Waals surface area contributed by atoms with Crippen molar-refractivity contribution in [1.29, 1.82) is 0 Å². The number of fused-ring (bicyclic) bond motifs is 1. The quantitative estimate of drug-likeness (QED) is 0.854. The Hall–Kier alpha value is -1.88. The fraction of sp³-hybridized carbons (Fsp3) is 0.350. The molecule has 0 aliphatic carbocycles. The van der Waals surface area contributed by atoms with Crippen molar-refractivity contribution in [3.63, 3.8) is 0 Å². The van der Waals surface area contributed by atoms with Crippen molar-refractivity contribution < 1.29 is 9.90 Å². The number of nitrogens with zero attached hydrogens (tertiary/aromatic N) is 1. The molecule has 0 spiro atoms. The zero-order valence-corrected chi connectivity index (χ0v) is 15.0. The Balaban J connectivity index is 1.62. The third-order valence-electron chi connectivity index (χ3n) is 4.85. The van der Waals surface area contributed by atoms with Crippen molar-refractivity contribution in [2.24, 2.45) is 0 Å². The maximum absolute atomic E-state index is 11.5. The molecule has 4 nitrogen and oxygen atoms in total. The highest BCUT2D eigenvalue weighted by Crippen LogP contribution is 2.21. The molecule has 3 rings (SSSR count). The molecular formula is C20H22ClN2O2-. The number of carboxylic acids is 1. The van der Waals surface area contributed by atoms with Gasteiger partial charge in [-0.05, 0) is 48.7 Å². The number of carboxylic acid groups (broad SMARTS) is 1. The number of benzene rings is 2. The molecule has 132 valence electrons. The molecule has 5 heteroatoms. The molecule has 0 unspecified atom stereocenters. The van der Waals surface area contributed by atoms with Gasteiger partial charge in [0.15, 0.2) is 0 Å². The Morgan fingerprint density at radius 3 is 2.60 bits per heavy atom. The predicted octanol–water partition coefficient (Wildman–Crippen LogP) is 1.65. The molecule has 2 aromatic rings. The number of rotatable bonds is 6. The summed E-state index contributed by atoms with van der Waals surface area (Å²) < 4.78 is 0. The number of halogens is 1. The van der Waals surface area contributed by atoms with Crippen LogP contribution < -0.4 is 10.4 Å². The zero-order valence-electron chi connectivity index (χ0n) is 14.2. The van der Waals surface area contributed by atoms with E-state index in [9.17, 15) is 9.90 Å². The SMILES string of the molecule is CN1Cc2ccccc2C[C@@H]1CN[C@H](Cc1ccc(Cl)cc1)C(=O)[O-]. The van der Waals surface area contributed by atoms with Gasteiger partial charge in [-0.15, -0.1) is 0 Å². The van der Waals surface area contributed by atoms with Crippen LogP contribution in [0.4, 0.5) is 0 Å². The van der Waals surface area contributed by atoms with Gasteiger partial charge in [0.05, 0.1) is 12.0 Å². The van der Waals surface area contributed by atoms with E-state index in [0.717, 1.165) is 18.5 Å². The molecule has 0 aromatic heterocycles. The van der Waals surface area contributed by atoms with Gasteiger partial charge in [0, 0.05) is 24.2 Å². The zero-order chi connectivity index (χ0) is 17.8. The van der Waals surface area contributed by atoms with Gasteiger partial charge < -0.3 is 15.2 Å². The van der Waals surface area contributed by atoms with Crippen LogP contribution in [0, 0.1) is 0 Å². The molecule has 0 fully saturated rings. The lowest BCUT2D eigenvalue weighted by molar-refractivity contribution is -0.308. The largest absolute Gasteiger partial charge is 0.548 e. The van der Waals surface area contributed by atoms with Crippen molar-refractivity contribution in [2.75, 3.05) is 13.6 Å². The Labute approximate surface area is 153 Å². The second-order valence-electron chi connectivity index (χ2n) is 6.65. The van der Waals surface area contributed by atoms with Gasteiger partial charge in [-0.3, -0.25) is 4.90 Å². The summed E-state index contributed by atoms with van der Waals surface area (Å²) in [7, 11) is 2.08. The molecule has 2 aromatic carbocycles. The summed E-state index contributed by atoms with van der Waals surface area (Å²) in [6.07, 6.45) is 1.30. The summed E-state index contributed by atoms with van der Waals surface area (Å²) in [4.78, 5) is 13.8. The van der Waals surface area contributed by atoms with Crippen LogP contribution in [0.25, 0.3) is 0 Å². The fourth-order valence-corrected chi connectivity index (χ4v) is 3.45. The molecule has 0 radical (unpaired) electrons. The summed E-state index contributed by atoms with van der Waals surface area (Å²) in [6, 6.07) is 15.2. The summed E-state index contributed by atoms with van der Waals surface area (Å²) in [5.74, 6) is -1.08. The molecule has 0 bridgehead atoms. The van der Waals surface area contributed by atoms with Crippen LogP contribution >= 0.6 is 11.6 Å². The Morgan fingerprint density at radius 2 is 1.92 bits per heavy atom. The fourth-order valence-electron chi connectivity index (χ4n) is 3.32. The van der Waals surface area contributed by atoms with Gasteiger partial charge >= 0.3 is 0 Å². The minimum atomic E-state index is -1.08. The average molecular weight is 358 g/mol. The first-order chi connectivity index (χ1) is 12.0. The standard InChI is InChI=1S/C20H23ClN2O2/c1-23-13-16-5-3-2-4-15(16)11-18(23)12-22-19(20(24)25)10-14-6-8-17(21)9-7-14/h2-9,18-19,22H,10-13H2,1H3,(H,24,25)/p-1/t18-,19-/m1/s1. The maximum atomic E-state index is 11.5. The minimum absolute atomic E-state index is 0.266. The molecule has 1 heterocycles. The van der Waals surface area contributed by atoms with E-state index in [0.29, 0.717) is 18.0 Å². The number of carbonyl (C=O) groups excluding carboxylic acids is 1. The molecule has 1 aliphatic rings. The van der Waals surface area contributed by atoms with E-state index in [1.54, 1.807) is 12.1 Å². The number of likely N-dealkylation sites (N-methyl/N-ethyl adjacent to an activating group) is 1. The van der Waals surface area contributed by atoms with Gasteiger partial charge in [-0.2, -0.15) is 0 Å². The van der Waals surface area contributed by atoms with Crippen molar-refractivity contribution >= 4 is 17.6 Å². The first kappa shape index (κ1) is 17.9. The normalized spacial score (nSPS) is 18.6. The predicted molar refractivity (Wildman–Crippen MR) is 97.4 cm³/mol. The Morgan fingerprint density at radius 1 is 1.24 bits per heavy atom. The molecular weight excluding hydrogens is 336 g/mol. The highest BCUT2D eigenvalue weighted by molar-refractivity contribution is 6.30. The smallest absolute Gasteiger partial charge is 0.0587 e. The first-order valence-electron chi connectivity index (χ1n) is 8.48. The van der Waals surface area contributed by atoms with Gasteiger partial charge in [0.25, 0.3) is 0 Å². The second-order valence-corrected chi connectivity index (χ2v) is 7.09. The van der Waals surface area contributed by atoms with E-state index < -0.39 is 12.0 Å². The molecule has 2 atom stereocenters. The molecule has 1 aliphatic heterocycles. The number of carbonyl (C=O) groups is 1. The molecule has 1 N–H and O–H groups in total. The lowest BCUT2D eigenvalue weighted by Crippen LogP contribution is -2.52. The van der Waals surface area contributed by atoms with E-state index in [1.807, 2.05) is 12.1 Å². The van der Waals surface area contributed by atoms with Crippen LogP contribution in [0.2, 0.25) is 5.02 Å².